The monoisotopic (exact) mass is 502 g/mol. The van der Waals surface area contributed by atoms with Crippen molar-refractivity contribution in [1.82, 2.24) is 16.0 Å². The van der Waals surface area contributed by atoms with Crippen LogP contribution in [0.5, 0.6) is 0 Å². The zero-order valence-electron chi connectivity index (χ0n) is 20.2. The molecule has 15 heteroatoms. The number of carboxylic acids is 1. The van der Waals surface area contributed by atoms with Gasteiger partial charge < -0.3 is 49.1 Å². The van der Waals surface area contributed by atoms with Crippen molar-refractivity contribution in [2.75, 3.05) is 6.54 Å². The summed E-state index contributed by atoms with van der Waals surface area (Å²) in [4.78, 5) is 64.2. The third-order valence-corrected chi connectivity index (χ3v) is 4.91. The molecule has 35 heavy (non-hydrogen) atoms. The standard InChI is InChI=1S/C20H38N8O7/c1-9(2)14(18(33)28-15(10(3)29)19(34)35)27-17(32)12(5-4-8-25-20(23)24)26-16(31)11(21)6-7-13(22)30/h9-12,14-15,29H,4-8,21H2,1-3H3,(H2,22,30)(H,26,31)(H,27,32)(H,28,33)(H,34,35)(H4,23,24,25). The average molecular weight is 503 g/mol. The van der Waals surface area contributed by atoms with E-state index < -0.39 is 65.8 Å². The molecule has 200 valence electrons. The number of primary amides is 1. The van der Waals surface area contributed by atoms with Gasteiger partial charge in [0.25, 0.3) is 0 Å². The largest absolute Gasteiger partial charge is 0.480 e. The normalized spacial score (nSPS) is 15.1. The number of aliphatic carboxylic acids is 1. The molecule has 0 aromatic heterocycles. The number of amides is 4. The van der Waals surface area contributed by atoms with Gasteiger partial charge in [-0.05, 0) is 32.1 Å². The van der Waals surface area contributed by atoms with Gasteiger partial charge in [0.1, 0.15) is 12.1 Å². The second kappa shape index (κ2) is 15.4. The average Bonchev–Trinajstić information content (AvgIpc) is 2.74. The third-order valence-electron chi connectivity index (χ3n) is 4.91. The number of nitrogens with zero attached hydrogens (tertiary/aromatic N) is 1. The number of nitrogens with one attached hydrogen (secondary N) is 3. The van der Waals surface area contributed by atoms with E-state index in [0.717, 1.165) is 0 Å². The Labute approximate surface area is 203 Å². The predicted molar refractivity (Wildman–Crippen MR) is 126 cm³/mol. The first-order valence-corrected chi connectivity index (χ1v) is 11.1. The molecule has 0 aromatic carbocycles. The number of aliphatic hydroxyl groups excluding tert-OH is 1. The zero-order valence-corrected chi connectivity index (χ0v) is 20.2. The Morgan fingerprint density at radius 2 is 1.43 bits per heavy atom. The van der Waals surface area contributed by atoms with Gasteiger partial charge in [0, 0.05) is 13.0 Å². The Balaban J connectivity index is 5.52. The summed E-state index contributed by atoms with van der Waals surface area (Å²) in [6.07, 6.45) is -1.18. The summed E-state index contributed by atoms with van der Waals surface area (Å²) in [6.45, 7) is 4.60. The van der Waals surface area contributed by atoms with Crippen molar-refractivity contribution in [2.45, 2.75) is 76.7 Å². The van der Waals surface area contributed by atoms with E-state index in [1.165, 1.54) is 6.92 Å². The summed E-state index contributed by atoms with van der Waals surface area (Å²) in [5.74, 6) is -4.98. The molecule has 13 N–H and O–H groups in total. The molecule has 0 radical (unpaired) electrons. The number of guanidine groups is 1. The molecule has 4 amide bonds. The molecule has 15 nitrogen and oxygen atoms in total. The van der Waals surface area contributed by atoms with Crippen molar-refractivity contribution < 1.29 is 34.2 Å². The van der Waals surface area contributed by atoms with Gasteiger partial charge in [0.05, 0.1) is 12.1 Å². The highest BCUT2D eigenvalue weighted by atomic mass is 16.4. The quantitative estimate of drug-likeness (QED) is 0.0563. The molecule has 0 aromatic rings. The molecule has 0 aliphatic carbocycles. The van der Waals surface area contributed by atoms with Crippen molar-refractivity contribution in [1.29, 1.82) is 0 Å². The number of carbonyl (C=O) groups excluding carboxylic acids is 4. The number of aliphatic imine (C=N–C) groups is 1. The van der Waals surface area contributed by atoms with E-state index in [2.05, 4.69) is 20.9 Å². The fraction of sp³-hybridized carbons (Fsp3) is 0.700. The maximum Gasteiger partial charge on any atom is 0.328 e. The second-order valence-corrected chi connectivity index (χ2v) is 8.42. The Bertz CT molecular complexity index is 783. The van der Waals surface area contributed by atoms with Gasteiger partial charge in [-0.15, -0.1) is 0 Å². The van der Waals surface area contributed by atoms with E-state index in [9.17, 15) is 34.2 Å². The first-order valence-electron chi connectivity index (χ1n) is 11.1. The molecular weight excluding hydrogens is 464 g/mol. The number of rotatable bonds is 16. The number of hydrogen-bond acceptors (Lipinski definition) is 8. The fourth-order valence-corrected chi connectivity index (χ4v) is 2.90. The van der Waals surface area contributed by atoms with Crippen LogP contribution in [0.1, 0.15) is 46.5 Å². The number of nitrogens with two attached hydrogens (primary N) is 4. The van der Waals surface area contributed by atoms with Crippen LogP contribution in [0.4, 0.5) is 0 Å². The molecule has 0 fully saturated rings. The van der Waals surface area contributed by atoms with E-state index in [0.29, 0.717) is 0 Å². The van der Waals surface area contributed by atoms with E-state index in [-0.39, 0.29) is 38.2 Å². The van der Waals surface area contributed by atoms with E-state index in [4.69, 9.17) is 22.9 Å². The molecule has 0 saturated heterocycles. The van der Waals surface area contributed by atoms with Crippen LogP contribution in [0.3, 0.4) is 0 Å². The molecular formula is C20H38N8O7. The van der Waals surface area contributed by atoms with E-state index in [1.807, 2.05) is 0 Å². The van der Waals surface area contributed by atoms with Crippen molar-refractivity contribution in [3.8, 4) is 0 Å². The van der Waals surface area contributed by atoms with Gasteiger partial charge in [-0.1, -0.05) is 13.8 Å². The lowest BCUT2D eigenvalue weighted by Crippen LogP contribution is -2.59. The lowest BCUT2D eigenvalue weighted by molar-refractivity contribution is -0.145. The molecule has 0 heterocycles. The van der Waals surface area contributed by atoms with Crippen LogP contribution < -0.4 is 38.9 Å². The van der Waals surface area contributed by atoms with Crippen LogP contribution in [-0.4, -0.2) is 82.6 Å². The molecule has 5 unspecified atom stereocenters. The van der Waals surface area contributed by atoms with Crippen molar-refractivity contribution in [3.05, 3.63) is 0 Å². The van der Waals surface area contributed by atoms with Crippen molar-refractivity contribution in [3.63, 3.8) is 0 Å². The smallest absolute Gasteiger partial charge is 0.328 e. The van der Waals surface area contributed by atoms with Crippen LogP contribution in [0, 0.1) is 5.92 Å². The molecule has 0 saturated carbocycles. The van der Waals surface area contributed by atoms with Gasteiger partial charge >= 0.3 is 5.97 Å². The first-order chi connectivity index (χ1) is 16.2. The Morgan fingerprint density at radius 1 is 0.857 bits per heavy atom. The highest BCUT2D eigenvalue weighted by molar-refractivity contribution is 5.94. The van der Waals surface area contributed by atoms with Gasteiger partial charge in [0.2, 0.25) is 23.6 Å². The predicted octanol–water partition coefficient (Wildman–Crippen LogP) is -3.79. The maximum atomic E-state index is 13.0. The highest BCUT2D eigenvalue weighted by Gasteiger charge is 2.33. The number of carboxylic acid groups (broad SMARTS) is 1. The molecule has 0 rings (SSSR count). The summed E-state index contributed by atoms with van der Waals surface area (Å²) in [5.41, 5.74) is 21.4. The SMILES string of the molecule is CC(C)C(NC(=O)C(CCCN=C(N)N)NC(=O)C(N)CCC(N)=O)C(=O)NC(C(=O)O)C(C)O. The van der Waals surface area contributed by atoms with Crippen LogP contribution in [0.2, 0.25) is 0 Å². The molecule has 5 atom stereocenters. The summed E-state index contributed by atoms with van der Waals surface area (Å²) in [7, 11) is 0. The molecule has 0 aliphatic rings. The Hall–Kier alpha value is -3.46. The van der Waals surface area contributed by atoms with Crippen molar-refractivity contribution in [2.24, 2.45) is 33.8 Å². The van der Waals surface area contributed by atoms with Crippen LogP contribution in [0.15, 0.2) is 4.99 Å². The van der Waals surface area contributed by atoms with Gasteiger partial charge in [0.15, 0.2) is 12.0 Å². The number of carbonyl (C=O) groups is 5. The maximum absolute atomic E-state index is 13.0. The minimum absolute atomic E-state index is 0.0313. The number of aliphatic hydroxyl groups is 1. The molecule has 0 aliphatic heterocycles. The van der Waals surface area contributed by atoms with E-state index in [1.54, 1.807) is 13.8 Å². The lowest BCUT2D eigenvalue weighted by atomic mass is 10.0. The van der Waals surface area contributed by atoms with Gasteiger partial charge in [-0.25, -0.2) is 4.79 Å². The summed E-state index contributed by atoms with van der Waals surface area (Å²) in [5, 5.41) is 26.0. The molecule has 0 spiro atoms. The van der Waals surface area contributed by atoms with Crippen LogP contribution >= 0.6 is 0 Å². The second-order valence-electron chi connectivity index (χ2n) is 8.42. The first kappa shape index (κ1) is 31.5. The minimum atomic E-state index is -1.58. The Morgan fingerprint density at radius 3 is 1.89 bits per heavy atom. The van der Waals surface area contributed by atoms with Crippen molar-refractivity contribution >= 4 is 35.6 Å². The topological polar surface area (TPSA) is 278 Å². The summed E-state index contributed by atoms with van der Waals surface area (Å²) in [6, 6.07) is -5.01. The van der Waals surface area contributed by atoms with E-state index >= 15 is 0 Å². The Kier molecular flexibility index (Phi) is 13.9. The summed E-state index contributed by atoms with van der Waals surface area (Å²) >= 11 is 0. The lowest BCUT2D eigenvalue weighted by Gasteiger charge is -2.27. The fourth-order valence-electron chi connectivity index (χ4n) is 2.90. The van der Waals surface area contributed by atoms with Crippen LogP contribution in [-0.2, 0) is 24.0 Å². The number of hydrogen-bond donors (Lipinski definition) is 9. The van der Waals surface area contributed by atoms with Gasteiger partial charge in [-0.2, -0.15) is 0 Å². The highest BCUT2D eigenvalue weighted by Crippen LogP contribution is 2.07. The summed E-state index contributed by atoms with van der Waals surface area (Å²) < 4.78 is 0. The van der Waals surface area contributed by atoms with Gasteiger partial charge in [-0.3, -0.25) is 24.2 Å². The minimum Gasteiger partial charge on any atom is -0.480 e. The third kappa shape index (κ3) is 12.5. The van der Waals surface area contributed by atoms with Crippen LogP contribution in [0.25, 0.3) is 0 Å². The molecule has 0 bridgehead atoms. The zero-order chi connectivity index (χ0) is 27.3.